The summed E-state index contributed by atoms with van der Waals surface area (Å²) in [7, 11) is 1.56. The van der Waals surface area contributed by atoms with Crippen LogP contribution in [0.1, 0.15) is 19.3 Å². The number of carbonyl (C=O) groups is 2. The van der Waals surface area contributed by atoms with Crippen LogP contribution in [0.4, 0.5) is 5.82 Å². The van der Waals surface area contributed by atoms with Crippen molar-refractivity contribution in [3.05, 3.63) is 41.3 Å². The monoisotopic (exact) mass is 442 g/mol. The summed E-state index contributed by atoms with van der Waals surface area (Å²) in [6, 6.07) is 3.54. The van der Waals surface area contributed by atoms with Gasteiger partial charge in [0.25, 0.3) is 0 Å². The number of hydrogen-bond acceptors (Lipinski definition) is 8. The molecule has 162 valence electrons. The summed E-state index contributed by atoms with van der Waals surface area (Å²) in [6.07, 6.45) is 7.10. The number of ether oxygens (including phenoxy) is 2. The largest absolute Gasteiger partial charge is 0.493 e. The van der Waals surface area contributed by atoms with Crippen molar-refractivity contribution in [3.8, 4) is 11.5 Å². The van der Waals surface area contributed by atoms with Gasteiger partial charge in [0.15, 0.2) is 17.3 Å². The molecule has 31 heavy (non-hydrogen) atoms. The summed E-state index contributed by atoms with van der Waals surface area (Å²) in [5.41, 5.74) is 0.715. The van der Waals surface area contributed by atoms with Crippen LogP contribution in [0.25, 0.3) is 10.9 Å². The Kier molecular flexibility index (Phi) is 6.48. The Labute approximate surface area is 184 Å². The molecule has 2 aromatic rings. The van der Waals surface area contributed by atoms with Crippen molar-refractivity contribution >= 4 is 39.9 Å². The van der Waals surface area contributed by atoms with Crippen LogP contribution in [-0.4, -0.2) is 59.8 Å². The highest BCUT2D eigenvalue weighted by Crippen LogP contribution is 2.34. The minimum absolute atomic E-state index is 0.0932. The minimum atomic E-state index is -0.440. The van der Waals surface area contributed by atoms with Gasteiger partial charge in [-0.25, -0.2) is 9.97 Å². The number of carbonyl (C=O) groups excluding carboxylic acids is 2. The number of halogens is 1. The molecule has 0 saturated carbocycles. The standard InChI is InChI=1S/C22H23ClN4O4/c1-30-20-9-14-16(12-21(20)31-8-4-7-27-5-2-3-6-27)24-13-25-22(14)26-17-11-18(28)15(23)10-19(17)29/h9-13H,2-8H2,1H3,(H,24,25,26). The van der Waals surface area contributed by atoms with Crippen molar-refractivity contribution in [2.24, 2.45) is 0 Å². The number of aromatic nitrogens is 2. The summed E-state index contributed by atoms with van der Waals surface area (Å²) in [5, 5.41) is 3.43. The molecule has 1 aromatic carbocycles. The molecule has 8 nitrogen and oxygen atoms in total. The zero-order chi connectivity index (χ0) is 21.8. The first kappa shape index (κ1) is 21.3. The molecular weight excluding hydrogens is 420 g/mol. The Morgan fingerprint density at radius 3 is 2.68 bits per heavy atom. The Morgan fingerprint density at radius 1 is 1.10 bits per heavy atom. The van der Waals surface area contributed by atoms with E-state index >= 15 is 0 Å². The lowest BCUT2D eigenvalue weighted by molar-refractivity contribution is -0.114. The van der Waals surface area contributed by atoms with Gasteiger partial charge in [-0.2, -0.15) is 0 Å². The van der Waals surface area contributed by atoms with Crippen LogP contribution in [0.5, 0.6) is 11.5 Å². The van der Waals surface area contributed by atoms with E-state index in [1.165, 1.54) is 32.3 Å². The fourth-order valence-corrected chi connectivity index (χ4v) is 3.83. The summed E-state index contributed by atoms with van der Waals surface area (Å²) in [6.45, 7) is 3.93. The van der Waals surface area contributed by atoms with Crippen LogP contribution >= 0.6 is 11.6 Å². The number of rotatable bonds is 8. The maximum Gasteiger partial charge on any atom is 0.203 e. The number of nitrogens with zero attached hydrogens (tertiary/aromatic N) is 3. The van der Waals surface area contributed by atoms with E-state index in [9.17, 15) is 9.59 Å². The van der Waals surface area contributed by atoms with Crippen LogP contribution in [0.15, 0.2) is 41.3 Å². The molecule has 1 aromatic heterocycles. The topological polar surface area (TPSA) is 93.6 Å². The van der Waals surface area contributed by atoms with E-state index in [4.69, 9.17) is 21.1 Å². The maximum atomic E-state index is 12.2. The Bertz CT molecular complexity index is 1080. The van der Waals surface area contributed by atoms with Gasteiger partial charge in [0.2, 0.25) is 5.78 Å². The van der Waals surface area contributed by atoms with Gasteiger partial charge in [0.1, 0.15) is 12.1 Å². The third-order valence-electron chi connectivity index (χ3n) is 5.28. The number of nitrogens with one attached hydrogen (secondary N) is 1. The van der Waals surface area contributed by atoms with Crippen molar-refractivity contribution in [2.45, 2.75) is 19.3 Å². The molecule has 1 fully saturated rings. The normalized spacial score (nSPS) is 17.0. The zero-order valence-corrected chi connectivity index (χ0v) is 17.9. The average molecular weight is 443 g/mol. The molecule has 1 saturated heterocycles. The van der Waals surface area contributed by atoms with Gasteiger partial charge in [-0.05, 0) is 38.4 Å². The molecule has 1 aliphatic heterocycles. The predicted octanol–water partition coefficient (Wildman–Crippen LogP) is 3.07. The predicted molar refractivity (Wildman–Crippen MR) is 118 cm³/mol. The van der Waals surface area contributed by atoms with Gasteiger partial charge < -0.3 is 19.7 Å². The lowest BCUT2D eigenvalue weighted by Crippen LogP contribution is -2.21. The average Bonchev–Trinajstić information content (AvgIpc) is 3.28. The van der Waals surface area contributed by atoms with Gasteiger partial charge in [-0.1, -0.05) is 11.6 Å². The highest BCUT2D eigenvalue weighted by Gasteiger charge is 2.21. The fraction of sp³-hybridized carbons (Fsp3) is 0.364. The van der Waals surface area contributed by atoms with Gasteiger partial charge in [-0.3, -0.25) is 9.59 Å². The van der Waals surface area contributed by atoms with Crippen molar-refractivity contribution in [1.82, 2.24) is 14.9 Å². The molecule has 9 heteroatoms. The summed E-state index contributed by atoms with van der Waals surface area (Å²) in [5.74, 6) is 0.668. The van der Waals surface area contributed by atoms with Crippen molar-refractivity contribution < 1.29 is 19.1 Å². The molecule has 1 N–H and O–H groups in total. The van der Waals surface area contributed by atoms with Crippen molar-refractivity contribution in [3.63, 3.8) is 0 Å². The molecule has 2 aliphatic rings. The van der Waals surface area contributed by atoms with Crippen LogP contribution in [0.3, 0.4) is 0 Å². The molecule has 0 unspecified atom stereocenters. The number of anilines is 1. The Hall–Kier alpha value is -2.97. The second-order valence-corrected chi connectivity index (χ2v) is 7.80. The quantitative estimate of drug-likeness (QED) is 0.492. The molecule has 0 atom stereocenters. The third-order valence-corrected chi connectivity index (χ3v) is 5.58. The van der Waals surface area contributed by atoms with Crippen molar-refractivity contribution in [1.29, 1.82) is 0 Å². The number of benzene rings is 1. The van der Waals surface area contributed by atoms with E-state index in [0.29, 0.717) is 34.8 Å². The lowest BCUT2D eigenvalue weighted by Gasteiger charge is -2.16. The van der Waals surface area contributed by atoms with E-state index in [1.807, 2.05) is 0 Å². The van der Waals surface area contributed by atoms with Crippen LogP contribution in [0, 0.1) is 0 Å². The van der Waals surface area contributed by atoms with Gasteiger partial charge in [0.05, 0.1) is 30.0 Å². The highest BCUT2D eigenvalue weighted by atomic mass is 35.5. The molecule has 2 heterocycles. The lowest BCUT2D eigenvalue weighted by atomic mass is 10.1. The van der Waals surface area contributed by atoms with Crippen LogP contribution in [-0.2, 0) is 9.59 Å². The van der Waals surface area contributed by atoms with Crippen molar-refractivity contribution in [2.75, 3.05) is 38.7 Å². The third kappa shape index (κ3) is 4.86. The van der Waals surface area contributed by atoms with Crippen LogP contribution in [0.2, 0.25) is 0 Å². The Morgan fingerprint density at radius 2 is 1.90 bits per heavy atom. The highest BCUT2D eigenvalue weighted by molar-refractivity contribution is 6.47. The summed E-state index contributed by atoms with van der Waals surface area (Å²) < 4.78 is 11.5. The molecular formula is C22H23ClN4O4. The fourth-order valence-electron chi connectivity index (χ4n) is 3.67. The SMILES string of the molecule is COc1cc2c(NC3=CC(=O)C(Cl)=CC3=O)ncnc2cc1OCCCN1CCCC1. The first-order valence-corrected chi connectivity index (χ1v) is 10.6. The van der Waals surface area contributed by atoms with Gasteiger partial charge >= 0.3 is 0 Å². The minimum Gasteiger partial charge on any atom is -0.493 e. The first-order chi connectivity index (χ1) is 15.0. The Balaban J connectivity index is 1.52. The number of ketones is 2. The summed E-state index contributed by atoms with van der Waals surface area (Å²) in [4.78, 5) is 35.0. The molecule has 0 radical (unpaired) electrons. The second kappa shape index (κ2) is 9.45. The maximum absolute atomic E-state index is 12.2. The van der Waals surface area contributed by atoms with Gasteiger partial charge in [-0.15, -0.1) is 0 Å². The van der Waals surface area contributed by atoms with E-state index in [2.05, 4.69) is 20.2 Å². The van der Waals surface area contributed by atoms with E-state index in [-0.39, 0.29) is 10.7 Å². The molecule has 0 spiro atoms. The smallest absolute Gasteiger partial charge is 0.203 e. The zero-order valence-electron chi connectivity index (χ0n) is 17.2. The van der Waals surface area contributed by atoms with E-state index in [1.54, 1.807) is 19.2 Å². The molecule has 1 aliphatic carbocycles. The van der Waals surface area contributed by atoms with E-state index in [0.717, 1.165) is 25.1 Å². The van der Waals surface area contributed by atoms with Crippen LogP contribution < -0.4 is 14.8 Å². The number of fused-ring (bicyclic) bond motifs is 1. The molecule has 0 amide bonds. The number of hydrogen-bond donors (Lipinski definition) is 1. The number of likely N-dealkylation sites (tertiary alicyclic amines) is 1. The number of allylic oxidation sites excluding steroid dienone is 3. The molecule has 0 bridgehead atoms. The second-order valence-electron chi connectivity index (χ2n) is 7.40. The number of methoxy groups -OCH3 is 1. The molecule has 4 rings (SSSR count). The first-order valence-electron chi connectivity index (χ1n) is 10.2. The van der Waals surface area contributed by atoms with Gasteiger partial charge in [0, 0.05) is 30.1 Å². The van der Waals surface area contributed by atoms with E-state index < -0.39 is 11.6 Å². The summed E-state index contributed by atoms with van der Waals surface area (Å²) >= 11 is 5.73.